The molecular formula is C20H24ClNO3. The van der Waals surface area contributed by atoms with Crippen molar-refractivity contribution in [3.8, 4) is 0 Å². The minimum Gasteiger partial charge on any atom is -0.480 e. The highest BCUT2D eigenvalue weighted by Crippen LogP contribution is 2.60. The van der Waals surface area contributed by atoms with Crippen LogP contribution in [0.15, 0.2) is 24.3 Å². The predicted molar refractivity (Wildman–Crippen MR) is 95.3 cm³/mol. The number of benzene rings is 1. The number of carboxylic acid groups (broad SMARTS) is 1. The van der Waals surface area contributed by atoms with Gasteiger partial charge in [0.2, 0.25) is 5.91 Å². The molecule has 4 fully saturated rings. The van der Waals surface area contributed by atoms with Gasteiger partial charge in [0.1, 0.15) is 6.04 Å². The lowest BCUT2D eigenvalue weighted by molar-refractivity contribution is -0.151. The molecule has 0 aromatic heterocycles. The molecule has 4 saturated carbocycles. The number of rotatable bonds is 5. The van der Waals surface area contributed by atoms with Gasteiger partial charge in [-0.15, -0.1) is 0 Å². The molecule has 2 N–H and O–H groups in total. The van der Waals surface area contributed by atoms with E-state index in [0.29, 0.717) is 22.8 Å². The fourth-order valence-corrected chi connectivity index (χ4v) is 6.01. The lowest BCUT2D eigenvalue weighted by atomic mass is 9.49. The van der Waals surface area contributed by atoms with Crippen LogP contribution < -0.4 is 5.32 Å². The molecule has 1 atom stereocenters. The van der Waals surface area contributed by atoms with Crippen molar-refractivity contribution in [3.63, 3.8) is 0 Å². The number of hydrogen-bond donors (Lipinski definition) is 2. The van der Waals surface area contributed by atoms with E-state index in [1.165, 1.54) is 19.3 Å². The maximum atomic E-state index is 13.1. The minimum atomic E-state index is -0.988. The highest BCUT2D eigenvalue weighted by atomic mass is 35.5. The molecule has 0 spiro atoms. The molecule has 4 nitrogen and oxygen atoms in total. The van der Waals surface area contributed by atoms with Crippen LogP contribution in [0, 0.1) is 23.2 Å². The Balaban J connectivity index is 1.49. The highest BCUT2D eigenvalue weighted by Gasteiger charge is 2.54. The van der Waals surface area contributed by atoms with Gasteiger partial charge in [-0.3, -0.25) is 4.79 Å². The zero-order valence-corrected chi connectivity index (χ0v) is 15.0. The third-order valence-electron chi connectivity index (χ3n) is 6.45. The summed E-state index contributed by atoms with van der Waals surface area (Å²) in [5.74, 6) is 0.953. The third-order valence-corrected chi connectivity index (χ3v) is 6.69. The molecule has 4 aliphatic rings. The number of carbonyl (C=O) groups excluding carboxylic acids is 1. The number of amides is 1. The average Bonchev–Trinajstić information content (AvgIpc) is 2.52. The lowest BCUT2D eigenvalue weighted by Gasteiger charge is -2.55. The Labute approximate surface area is 152 Å². The van der Waals surface area contributed by atoms with Gasteiger partial charge in [0.05, 0.1) is 0 Å². The van der Waals surface area contributed by atoms with E-state index in [1.807, 2.05) is 6.07 Å². The first-order chi connectivity index (χ1) is 11.9. The number of aliphatic carboxylic acids is 1. The first-order valence-electron chi connectivity index (χ1n) is 9.22. The number of carboxylic acids is 1. The average molecular weight is 362 g/mol. The van der Waals surface area contributed by atoms with Gasteiger partial charge in [-0.1, -0.05) is 23.7 Å². The summed E-state index contributed by atoms with van der Waals surface area (Å²) in [4.78, 5) is 24.8. The summed E-state index contributed by atoms with van der Waals surface area (Å²) < 4.78 is 0. The van der Waals surface area contributed by atoms with E-state index in [4.69, 9.17) is 11.6 Å². The monoisotopic (exact) mass is 361 g/mol. The molecule has 1 amide bonds. The Morgan fingerprint density at radius 1 is 1.16 bits per heavy atom. The van der Waals surface area contributed by atoms with Gasteiger partial charge in [-0.05, 0) is 74.0 Å². The molecule has 25 heavy (non-hydrogen) atoms. The molecule has 4 aliphatic carbocycles. The summed E-state index contributed by atoms with van der Waals surface area (Å²) in [7, 11) is 0. The van der Waals surface area contributed by atoms with E-state index < -0.39 is 12.0 Å². The van der Waals surface area contributed by atoms with Crippen molar-refractivity contribution in [2.75, 3.05) is 0 Å². The van der Waals surface area contributed by atoms with Crippen molar-refractivity contribution < 1.29 is 14.7 Å². The topological polar surface area (TPSA) is 66.4 Å². The smallest absolute Gasteiger partial charge is 0.326 e. The maximum Gasteiger partial charge on any atom is 0.326 e. The van der Waals surface area contributed by atoms with Crippen LogP contribution in [0.2, 0.25) is 5.02 Å². The Hall–Kier alpha value is -1.55. The molecule has 0 radical (unpaired) electrons. The number of halogens is 1. The fourth-order valence-electron chi connectivity index (χ4n) is 5.80. The van der Waals surface area contributed by atoms with Crippen molar-refractivity contribution in [2.24, 2.45) is 23.2 Å². The van der Waals surface area contributed by atoms with Crippen molar-refractivity contribution in [3.05, 3.63) is 34.9 Å². The zero-order valence-electron chi connectivity index (χ0n) is 14.2. The Morgan fingerprint density at radius 2 is 1.76 bits per heavy atom. The second-order valence-corrected chi connectivity index (χ2v) is 8.83. The van der Waals surface area contributed by atoms with E-state index in [0.717, 1.165) is 24.8 Å². The molecule has 0 aliphatic heterocycles. The van der Waals surface area contributed by atoms with Crippen molar-refractivity contribution in [2.45, 2.75) is 51.0 Å². The summed E-state index contributed by atoms with van der Waals surface area (Å²) in [5, 5.41) is 13.0. The summed E-state index contributed by atoms with van der Waals surface area (Å²) in [6, 6.07) is 6.26. The van der Waals surface area contributed by atoms with E-state index in [2.05, 4.69) is 5.32 Å². The molecule has 0 unspecified atom stereocenters. The van der Waals surface area contributed by atoms with Crippen LogP contribution in [0.3, 0.4) is 0 Å². The number of nitrogens with one attached hydrogen (secondary N) is 1. The van der Waals surface area contributed by atoms with Crippen LogP contribution in [-0.2, 0) is 16.0 Å². The van der Waals surface area contributed by atoms with Crippen LogP contribution >= 0.6 is 11.6 Å². The molecule has 134 valence electrons. The quantitative estimate of drug-likeness (QED) is 0.840. The predicted octanol–water partition coefficient (Wildman–Crippen LogP) is 3.67. The summed E-state index contributed by atoms with van der Waals surface area (Å²) >= 11 is 5.99. The van der Waals surface area contributed by atoms with Crippen LogP contribution in [0.4, 0.5) is 0 Å². The molecule has 5 heteroatoms. The van der Waals surface area contributed by atoms with E-state index in [9.17, 15) is 14.7 Å². The fraction of sp³-hybridized carbons (Fsp3) is 0.600. The largest absolute Gasteiger partial charge is 0.480 e. The molecule has 1 aromatic carbocycles. The Kier molecular flexibility index (Phi) is 4.27. The van der Waals surface area contributed by atoms with E-state index in [-0.39, 0.29) is 17.7 Å². The van der Waals surface area contributed by atoms with Crippen molar-refractivity contribution in [1.29, 1.82) is 0 Å². The second kappa shape index (κ2) is 6.31. The van der Waals surface area contributed by atoms with Gasteiger partial charge in [0.15, 0.2) is 0 Å². The first kappa shape index (κ1) is 16.9. The highest BCUT2D eigenvalue weighted by molar-refractivity contribution is 6.30. The van der Waals surface area contributed by atoms with Crippen LogP contribution in [0.5, 0.6) is 0 Å². The molecule has 4 bridgehead atoms. The summed E-state index contributed by atoms with van der Waals surface area (Å²) in [6.45, 7) is 0. The van der Waals surface area contributed by atoms with Crippen LogP contribution in [-0.4, -0.2) is 23.0 Å². The van der Waals surface area contributed by atoms with Crippen molar-refractivity contribution >= 4 is 23.5 Å². The lowest BCUT2D eigenvalue weighted by Crippen LogP contribution is -2.56. The van der Waals surface area contributed by atoms with Gasteiger partial charge in [0, 0.05) is 16.9 Å². The first-order valence-corrected chi connectivity index (χ1v) is 9.59. The van der Waals surface area contributed by atoms with Gasteiger partial charge < -0.3 is 10.4 Å². The standard InChI is InChI=1S/C20H24ClNO3/c21-16-3-1-2-12(7-16)8-17(18(23)24)22-19(25)20-9-13-4-14(10-20)6-15(5-13)11-20/h1-3,7,13-15,17H,4-6,8-11H2,(H,22,25)(H,23,24)/t13?,14?,15?,17-,20?/m0/s1. The van der Waals surface area contributed by atoms with Crippen molar-refractivity contribution in [1.82, 2.24) is 5.32 Å². The molecule has 1 aromatic rings. The van der Waals surface area contributed by atoms with Gasteiger partial charge >= 0.3 is 5.97 Å². The van der Waals surface area contributed by atoms with Crippen LogP contribution in [0.25, 0.3) is 0 Å². The zero-order chi connectivity index (χ0) is 17.6. The summed E-state index contributed by atoms with van der Waals surface area (Å²) in [5.41, 5.74) is 0.502. The summed E-state index contributed by atoms with van der Waals surface area (Å²) in [6.07, 6.45) is 6.86. The normalized spacial score (nSPS) is 33.9. The maximum absolute atomic E-state index is 13.1. The second-order valence-electron chi connectivity index (χ2n) is 8.40. The van der Waals surface area contributed by atoms with E-state index in [1.54, 1.807) is 18.2 Å². The van der Waals surface area contributed by atoms with Crippen LogP contribution in [0.1, 0.15) is 44.1 Å². The third kappa shape index (κ3) is 3.29. The van der Waals surface area contributed by atoms with E-state index >= 15 is 0 Å². The van der Waals surface area contributed by atoms with Gasteiger partial charge in [-0.25, -0.2) is 4.79 Å². The SMILES string of the molecule is O=C(O)[C@H](Cc1cccc(Cl)c1)NC(=O)C12CC3CC(CC(C3)C1)C2. The Bertz CT molecular complexity index is 667. The number of hydrogen-bond acceptors (Lipinski definition) is 2. The minimum absolute atomic E-state index is 0.0407. The van der Waals surface area contributed by atoms with Gasteiger partial charge in [0.25, 0.3) is 0 Å². The molecular weight excluding hydrogens is 338 g/mol. The molecule has 0 saturated heterocycles. The molecule has 5 rings (SSSR count). The number of carbonyl (C=O) groups is 2. The molecule has 0 heterocycles. The Morgan fingerprint density at radius 3 is 2.28 bits per heavy atom. The van der Waals surface area contributed by atoms with Gasteiger partial charge in [-0.2, -0.15) is 0 Å².